The first-order valence-corrected chi connectivity index (χ1v) is 9.88. The summed E-state index contributed by atoms with van der Waals surface area (Å²) in [4.78, 5) is 20.0. The van der Waals surface area contributed by atoms with Crippen LogP contribution < -0.4 is 5.73 Å². The number of aryl methyl sites for hydroxylation is 1. The van der Waals surface area contributed by atoms with Crippen LogP contribution >= 0.6 is 0 Å². The van der Waals surface area contributed by atoms with Crippen molar-refractivity contribution < 1.29 is 4.79 Å². The van der Waals surface area contributed by atoms with Crippen molar-refractivity contribution in [2.24, 2.45) is 11.7 Å². The van der Waals surface area contributed by atoms with Crippen molar-refractivity contribution in [1.29, 1.82) is 0 Å². The molecule has 0 radical (unpaired) electrons. The molecule has 28 heavy (non-hydrogen) atoms. The molecule has 2 N–H and O–H groups in total. The van der Waals surface area contributed by atoms with Gasteiger partial charge in [0.1, 0.15) is 0 Å². The number of hydrogen-bond acceptors (Lipinski definition) is 4. The average molecular weight is 377 g/mol. The van der Waals surface area contributed by atoms with Crippen LogP contribution in [-0.4, -0.2) is 45.2 Å². The number of likely N-dealkylation sites (tertiary alicyclic amines) is 1. The van der Waals surface area contributed by atoms with E-state index in [4.69, 9.17) is 5.73 Å². The van der Waals surface area contributed by atoms with Gasteiger partial charge in [-0.05, 0) is 44.9 Å². The number of amides is 1. The van der Waals surface area contributed by atoms with Crippen LogP contribution in [0.2, 0.25) is 0 Å². The zero-order valence-electron chi connectivity index (χ0n) is 16.7. The highest BCUT2D eigenvalue weighted by Gasteiger charge is 2.36. The summed E-state index contributed by atoms with van der Waals surface area (Å²) in [6, 6.07) is 12.4. The predicted octanol–water partition coefficient (Wildman–Crippen LogP) is 3.14. The van der Waals surface area contributed by atoms with E-state index in [0.717, 1.165) is 16.7 Å². The summed E-state index contributed by atoms with van der Waals surface area (Å²) in [6.45, 7) is 7.98. The normalized spacial score (nSPS) is 19.7. The van der Waals surface area contributed by atoms with Crippen LogP contribution in [0, 0.1) is 12.8 Å². The number of carbonyl (C=O) groups is 1. The summed E-state index contributed by atoms with van der Waals surface area (Å²) in [5.74, 6) is 0.575. The van der Waals surface area contributed by atoms with E-state index in [1.807, 2.05) is 40.8 Å². The van der Waals surface area contributed by atoms with Gasteiger partial charge in [-0.25, -0.2) is 9.67 Å². The zero-order valence-corrected chi connectivity index (χ0v) is 16.7. The minimum absolute atomic E-state index is 0.0377. The lowest BCUT2D eigenvalue weighted by atomic mass is 9.89. The summed E-state index contributed by atoms with van der Waals surface area (Å²) in [6.07, 6.45) is 1.76. The highest BCUT2D eigenvalue weighted by atomic mass is 16.2. The van der Waals surface area contributed by atoms with Crippen LogP contribution in [0.25, 0.3) is 11.0 Å². The van der Waals surface area contributed by atoms with E-state index in [1.54, 1.807) is 6.20 Å². The molecule has 0 unspecified atom stereocenters. The molecule has 3 heterocycles. The maximum Gasteiger partial charge on any atom is 0.254 e. The minimum Gasteiger partial charge on any atom is -0.338 e. The molecular weight excluding hydrogens is 350 g/mol. The topological polar surface area (TPSA) is 77.0 Å². The Morgan fingerprint density at radius 3 is 2.68 bits per heavy atom. The van der Waals surface area contributed by atoms with E-state index < -0.39 is 0 Å². The standard InChI is InChI=1S/C22H27N5O/c1-14(2)27-21-19(11-24-27)18(9-15(3)25-21)22(28)26-12-17(10-23)20(13-26)16-7-5-4-6-8-16/h4-9,11,14,17,20H,10,12-13,23H2,1-3H3/t17-,20+/m1/s1. The van der Waals surface area contributed by atoms with Crippen LogP contribution in [-0.2, 0) is 0 Å². The summed E-state index contributed by atoms with van der Waals surface area (Å²) >= 11 is 0. The number of nitrogens with two attached hydrogens (primary N) is 1. The molecule has 1 aromatic carbocycles. The van der Waals surface area contributed by atoms with Gasteiger partial charge < -0.3 is 10.6 Å². The molecule has 3 aromatic rings. The average Bonchev–Trinajstić information content (AvgIpc) is 3.31. The molecule has 2 aromatic heterocycles. The van der Waals surface area contributed by atoms with Gasteiger partial charge in [0.2, 0.25) is 0 Å². The van der Waals surface area contributed by atoms with E-state index in [9.17, 15) is 4.79 Å². The Bertz CT molecular complexity index is 995. The third-order valence-electron chi connectivity index (χ3n) is 5.67. The molecule has 0 aliphatic carbocycles. The number of aromatic nitrogens is 3. The van der Waals surface area contributed by atoms with Crippen molar-refractivity contribution in [2.75, 3.05) is 19.6 Å². The van der Waals surface area contributed by atoms with Gasteiger partial charge in [0.05, 0.1) is 17.1 Å². The monoisotopic (exact) mass is 377 g/mol. The van der Waals surface area contributed by atoms with Gasteiger partial charge in [-0.1, -0.05) is 30.3 Å². The van der Waals surface area contributed by atoms with Crippen molar-refractivity contribution in [3.8, 4) is 0 Å². The Balaban J connectivity index is 1.68. The maximum atomic E-state index is 13.5. The first kappa shape index (κ1) is 18.6. The lowest BCUT2D eigenvalue weighted by Gasteiger charge is -2.18. The van der Waals surface area contributed by atoms with E-state index in [2.05, 4.69) is 36.1 Å². The molecule has 4 rings (SSSR count). The second-order valence-corrected chi connectivity index (χ2v) is 7.95. The molecule has 1 aliphatic rings. The second-order valence-electron chi connectivity index (χ2n) is 7.95. The molecule has 1 saturated heterocycles. The van der Waals surface area contributed by atoms with Crippen molar-refractivity contribution in [3.63, 3.8) is 0 Å². The van der Waals surface area contributed by atoms with Crippen LogP contribution in [0.3, 0.4) is 0 Å². The van der Waals surface area contributed by atoms with Gasteiger partial charge in [0, 0.05) is 30.7 Å². The third-order valence-corrected chi connectivity index (χ3v) is 5.67. The first-order valence-electron chi connectivity index (χ1n) is 9.88. The molecule has 0 bridgehead atoms. The predicted molar refractivity (Wildman–Crippen MR) is 110 cm³/mol. The quantitative estimate of drug-likeness (QED) is 0.758. The lowest BCUT2D eigenvalue weighted by molar-refractivity contribution is 0.0788. The molecule has 6 heteroatoms. The highest BCUT2D eigenvalue weighted by Crippen LogP contribution is 2.33. The number of nitrogens with zero attached hydrogens (tertiary/aromatic N) is 4. The molecule has 6 nitrogen and oxygen atoms in total. The maximum absolute atomic E-state index is 13.5. The molecule has 146 valence electrons. The Hall–Kier alpha value is -2.73. The fraction of sp³-hybridized carbons (Fsp3) is 0.409. The van der Waals surface area contributed by atoms with Gasteiger partial charge in [-0.15, -0.1) is 0 Å². The molecule has 1 amide bonds. The van der Waals surface area contributed by atoms with E-state index in [1.165, 1.54) is 5.56 Å². The molecule has 0 spiro atoms. The Labute approximate surface area is 165 Å². The Kier molecular flexibility index (Phi) is 4.89. The number of rotatable bonds is 4. The van der Waals surface area contributed by atoms with Crippen molar-refractivity contribution >= 4 is 16.9 Å². The molecule has 2 atom stereocenters. The van der Waals surface area contributed by atoms with Crippen LogP contribution in [0.5, 0.6) is 0 Å². The second kappa shape index (κ2) is 7.36. The van der Waals surface area contributed by atoms with Crippen molar-refractivity contribution in [2.45, 2.75) is 32.7 Å². The molecule has 1 fully saturated rings. The zero-order chi connectivity index (χ0) is 19.8. The summed E-state index contributed by atoms with van der Waals surface area (Å²) in [5, 5.41) is 5.28. The van der Waals surface area contributed by atoms with Crippen molar-refractivity contribution in [3.05, 3.63) is 59.4 Å². The van der Waals surface area contributed by atoms with E-state index in [-0.39, 0.29) is 23.8 Å². The van der Waals surface area contributed by atoms with Crippen molar-refractivity contribution in [1.82, 2.24) is 19.7 Å². The lowest BCUT2D eigenvalue weighted by Crippen LogP contribution is -2.30. The highest BCUT2D eigenvalue weighted by molar-refractivity contribution is 6.05. The van der Waals surface area contributed by atoms with Gasteiger partial charge in [0.25, 0.3) is 5.91 Å². The van der Waals surface area contributed by atoms with Gasteiger partial charge >= 0.3 is 0 Å². The SMILES string of the molecule is Cc1cc(C(=O)N2C[C@@H](CN)[C@H](c3ccccc3)C2)c2cnn(C(C)C)c2n1. The molecule has 0 saturated carbocycles. The van der Waals surface area contributed by atoms with E-state index >= 15 is 0 Å². The Morgan fingerprint density at radius 2 is 2.00 bits per heavy atom. The van der Waals surface area contributed by atoms with Gasteiger partial charge in [0.15, 0.2) is 5.65 Å². The Morgan fingerprint density at radius 1 is 1.25 bits per heavy atom. The summed E-state index contributed by atoms with van der Waals surface area (Å²) in [5.41, 5.74) is 9.58. The van der Waals surface area contributed by atoms with Crippen LogP contribution in [0.4, 0.5) is 0 Å². The summed E-state index contributed by atoms with van der Waals surface area (Å²) < 4.78 is 1.87. The summed E-state index contributed by atoms with van der Waals surface area (Å²) in [7, 11) is 0. The largest absolute Gasteiger partial charge is 0.338 e. The smallest absolute Gasteiger partial charge is 0.254 e. The van der Waals surface area contributed by atoms with Crippen LogP contribution in [0.15, 0.2) is 42.6 Å². The fourth-order valence-corrected chi connectivity index (χ4v) is 4.22. The number of fused-ring (bicyclic) bond motifs is 1. The van der Waals surface area contributed by atoms with Gasteiger partial charge in [-0.3, -0.25) is 4.79 Å². The first-order chi connectivity index (χ1) is 13.5. The minimum atomic E-state index is 0.0377. The van der Waals surface area contributed by atoms with Gasteiger partial charge in [-0.2, -0.15) is 5.10 Å². The number of carbonyl (C=O) groups excluding carboxylic acids is 1. The number of benzene rings is 1. The molecular formula is C22H27N5O. The third kappa shape index (κ3) is 3.18. The fourth-order valence-electron chi connectivity index (χ4n) is 4.22. The molecule has 1 aliphatic heterocycles. The number of hydrogen-bond donors (Lipinski definition) is 1. The number of pyridine rings is 1. The van der Waals surface area contributed by atoms with E-state index in [0.29, 0.717) is 25.2 Å². The van der Waals surface area contributed by atoms with Crippen LogP contribution in [0.1, 0.15) is 47.4 Å².